The number of fused-ring (bicyclic) bond motifs is 5. The SMILES string of the molecule is ClCCOc1ccc2cc(C3(c4ccc5c(c4)C=CC(OCCCl)C5)c4ccccc4-c4ccccc43)ccc2c1. The zero-order valence-corrected chi connectivity index (χ0v) is 24.2. The van der Waals surface area contributed by atoms with Crippen LogP contribution in [-0.4, -0.2) is 31.1 Å². The predicted octanol–water partition coefficient (Wildman–Crippen LogP) is 9.01. The number of halogens is 2. The number of ether oxygens (including phenoxy) is 2. The van der Waals surface area contributed by atoms with Gasteiger partial charge in [-0.25, -0.2) is 0 Å². The Kier molecular flexibility index (Phi) is 7.08. The van der Waals surface area contributed by atoms with E-state index in [2.05, 4.69) is 109 Å². The van der Waals surface area contributed by atoms with Crippen LogP contribution >= 0.6 is 23.2 Å². The highest BCUT2D eigenvalue weighted by Gasteiger charge is 2.46. The Morgan fingerprint density at radius 3 is 2.10 bits per heavy atom. The van der Waals surface area contributed by atoms with Gasteiger partial charge in [-0.3, -0.25) is 0 Å². The molecule has 0 saturated heterocycles. The van der Waals surface area contributed by atoms with Crippen molar-refractivity contribution >= 4 is 40.1 Å². The van der Waals surface area contributed by atoms with Gasteiger partial charge in [0.1, 0.15) is 12.4 Å². The van der Waals surface area contributed by atoms with Crippen LogP contribution in [-0.2, 0) is 16.6 Å². The second kappa shape index (κ2) is 11.0. The minimum Gasteiger partial charge on any atom is -0.492 e. The van der Waals surface area contributed by atoms with Crippen LogP contribution in [0.1, 0.15) is 33.4 Å². The van der Waals surface area contributed by atoms with Gasteiger partial charge < -0.3 is 9.47 Å². The van der Waals surface area contributed by atoms with Gasteiger partial charge in [0.05, 0.1) is 24.0 Å². The molecule has 0 saturated carbocycles. The van der Waals surface area contributed by atoms with Crippen molar-refractivity contribution in [3.8, 4) is 16.9 Å². The monoisotopic (exact) mass is 576 g/mol. The first-order valence-electron chi connectivity index (χ1n) is 14.1. The molecule has 0 aromatic heterocycles. The van der Waals surface area contributed by atoms with E-state index in [1.807, 2.05) is 6.07 Å². The first-order chi connectivity index (χ1) is 20.2. The highest BCUT2D eigenvalue weighted by Crippen LogP contribution is 2.56. The zero-order chi connectivity index (χ0) is 27.8. The number of benzene rings is 5. The number of rotatable bonds is 8. The molecule has 1 atom stereocenters. The van der Waals surface area contributed by atoms with E-state index in [0.29, 0.717) is 25.0 Å². The van der Waals surface area contributed by atoms with Gasteiger partial charge in [-0.15, -0.1) is 23.2 Å². The van der Waals surface area contributed by atoms with Crippen LogP contribution in [0, 0.1) is 0 Å². The van der Waals surface area contributed by atoms with Crippen LogP contribution in [0.4, 0.5) is 0 Å². The van der Waals surface area contributed by atoms with Crippen LogP contribution < -0.4 is 4.74 Å². The van der Waals surface area contributed by atoms with Gasteiger partial charge >= 0.3 is 0 Å². The van der Waals surface area contributed by atoms with Gasteiger partial charge in [0, 0.05) is 12.3 Å². The Morgan fingerprint density at radius 1 is 0.683 bits per heavy atom. The fourth-order valence-electron chi connectivity index (χ4n) is 6.70. The molecule has 1 unspecified atom stereocenters. The van der Waals surface area contributed by atoms with E-state index in [9.17, 15) is 0 Å². The van der Waals surface area contributed by atoms with Crippen molar-refractivity contribution in [2.75, 3.05) is 25.0 Å². The van der Waals surface area contributed by atoms with Crippen molar-refractivity contribution in [2.45, 2.75) is 17.9 Å². The maximum atomic E-state index is 5.94. The lowest BCUT2D eigenvalue weighted by molar-refractivity contribution is 0.0979. The van der Waals surface area contributed by atoms with Crippen molar-refractivity contribution < 1.29 is 9.47 Å². The molecule has 0 heterocycles. The normalized spacial score (nSPS) is 16.3. The third kappa shape index (κ3) is 4.46. The minimum atomic E-state index is -0.454. The molecular weight excluding hydrogens is 547 g/mol. The molecule has 5 aromatic carbocycles. The average Bonchev–Trinajstić information content (AvgIpc) is 3.33. The Morgan fingerprint density at radius 2 is 1.34 bits per heavy atom. The van der Waals surface area contributed by atoms with Gasteiger partial charge in [0.25, 0.3) is 0 Å². The van der Waals surface area contributed by atoms with Crippen LogP contribution in [0.5, 0.6) is 5.75 Å². The molecule has 0 amide bonds. The summed E-state index contributed by atoms with van der Waals surface area (Å²) < 4.78 is 11.7. The standard InChI is InChI=1S/C37H30Cl2O2/c38-17-19-40-31-15-11-25-21-29(13-9-27(25)23-31)37(35-7-3-1-5-33(35)34-6-2-4-8-36(34)37)30-14-10-28-24-32(41-20-18-39)16-12-26(28)22-30/h1-16,21-23,32H,17-20,24H2. The second-order valence-corrected chi connectivity index (χ2v) is 11.4. The molecule has 5 aromatic rings. The van der Waals surface area contributed by atoms with E-state index in [1.54, 1.807) is 0 Å². The minimum absolute atomic E-state index is 0.0628. The Bertz CT molecular complexity index is 1730. The molecule has 2 aliphatic rings. The van der Waals surface area contributed by atoms with Crippen LogP contribution in [0.25, 0.3) is 28.0 Å². The first kappa shape index (κ1) is 26.3. The average molecular weight is 578 g/mol. The summed E-state index contributed by atoms with van der Waals surface area (Å²) in [6.07, 6.45) is 5.30. The molecule has 41 heavy (non-hydrogen) atoms. The van der Waals surface area contributed by atoms with E-state index >= 15 is 0 Å². The van der Waals surface area contributed by atoms with Crippen molar-refractivity contribution in [3.05, 3.63) is 143 Å². The van der Waals surface area contributed by atoms with E-state index in [-0.39, 0.29) is 6.10 Å². The van der Waals surface area contributed by atoms with Crippen molar-refractivity contribution in [2.24, 2.45) is 0 Å². The fraction of sp³-hybridized carbons (Fsp3) is 0.189. The third-order valence-electron chi connectivity index (χ3n) is 8.44. The Labute approximate surface area is 251 Å². The maximum absolute atomic E-state index is 5.94. The number of hydrogen-bond acceptors (Lipinski definition) is 2. The largest absolute Gasteiger partial charge is 0.492 e. The van der Waals surface area contributed by atoms with Gasteiger partial charge in [-0.05, 0) is 79.5 Å². The number of alkyl halides is 2. The summed E-state index contributed by atoms with van der Waals surface area (Å²) in [6, 6.07) is 37.9. The predicted molar refractivity (Wildman–Crippen MR) is 171 cm³/mol. The lowest BCUT2D eigenvalue weighted by atomic mass is 9.67. The summed E-state index contributed by atoms with van der Waals surface area (Å²) in [7, 11) is 0. The van der Waals surface area contributed by atoms with Crippen molar-refractivity contribution in [1.82, 2.24) is 0 Å². The van der Waals surface area contributed by atoms with E-state index in [1.165, 1.54) is 49.9 Å². The molecule has 2 nitrogen and oxygen atoms in total. The van der Waals surface area contributed by atoms with Crippen LogP contribution in [0.2, 0.25) is 0 Å². The van der Waals surface area contributed by atoms with Crippen LogP contribution in [0.3, 0.4) is 0 Å². The van der Waals surface area contributed by atoms with E-state index < -0.39 is 5.41 Å². The van der Waals surface area contributed by atoms with Crippen molar-refractivity contribution in [1.29, 1.82) is 0 Å². The smallest absolute Gasteiger partial charge is 0.119 e. The molecule has 0 radical (unpaired) electrons. The molecule has 0 bridgehead atoms. The first-order valence-corrected chi connectivity index (χ1v) is 15.2. The highest BCUT2D eigenvalue weighted by atomic mass is 35.5. The maximum Gasteiger partial charge on any atom is 0.119 e. The van der Waals surface area contributed by atoms with Crippen LogP contribution in [0.15, 0.2) is 109 Å². The highest BCUT2D eigenvalue weighted by molar-refractivity contribution is 6.18. The molecule has 204 valence electrons. The van der Waals surface area contributed by atoms with Crippen molar-refractivity contribution in [3.63, 3.8) is 0 Å². The molecule has 0 spiro atoms. The van der Waals surface area contributed by atoms with Gasteiger partial charge in [0.15, 0.2) is 0 Å². The van der Waals surface area contributed by atoms with E-state index in [4.69, 9.17) is 32.7 Å². The quantitative estimate of drug-likeness (QED) is 0.168. The summed E-state index contributed by atoms with van der Waals surface area (Å²) >= 11 is 11.7. The Balaban J connectivity index is 1.43. The summed E-state index contributed by atoms with van der Waals surface area (Å²) in [4.78, 5) is 0. The summed E-state index contributed by atoms with van der Waals surface area (Å²) in [5.74, 6) is 1.81. The topological polar surface area (TPSA) is 18.5 Å². The lowest BCUT2D eigenvalue weighted by Crippen LogP contribution is -2.29. The molecule has 0 aliphatic heterocycles. The summed E-state index contributed by atoms with van der Waals surface area (Å²) in [6.45, 7) is 1.05. The molecule has 0 N–H and O–H groups in total. The second-order valence-electron chi connectivity index (χ2n) is 10.7. The molecule has 4 heteroatoms. The molecular formula is C37H30Cl2O2. The van der Waals surface area contributed by atoms with Gasteiger partial charge in [-0.1, -0.05) is 91.0 Å². The number of hydrogen-bond donors (Lipinski definition) is 0. The van der Waals surface area contributed by atoms with Gasteiger partial charge in [0.2, 0.25) is 0 Å². The third-order valence-corrected chi connectivity index (χ3v) is 8.75. The fourth-order valence-corrected chi connectivity index (χ4v) is 6.87. The van der Waals surface area contributed by atoms with Gasteiger partial charge in [-0.2, -0.15) is 0 Å². The molecule has 2 aliphatic carbocycles. The van der Waals surface area contributed by atoms with E-state index in [0.717, 1.165) is 17.6 Å². The molecule has 0 fully saturated rings. The Hall–Kier alpha value is -3.56. The molecule has 7 rings (SSSR count). The zero-order valence-electron chi connectivity index (χ0n) is 22.7. The summed E-state index contributed by atoms with van der Waals surface area (Å²) in [5.41, 5.74) is 9.80. The lowest BCUT2D eigenvalue weighted by Gasteiger charge is -2.35. The summed E-state index contributed by atoms with van der Waals surface area (Å²) in [5, 5.41) is 2.33.